The van der Waals surface area contributed by atoms with Crippen LogP contribution in [-0.2, 0) is 6.54 Å². The van der Waals surface area contributed by atoms with E-state index in [0.717, 1.165) is 5.01 Å². The molecular formula is C9H8N2O2S. The Labute approximate surface area is 84.5 Å². The van der Waals surface area contributed by atoms with Gasteiger partial charge in [-0.2, -0.15) is 0 Å². The number of hydrogen-bond acceptors (Lipinski definition) is 3. The molecule has 0 aromatic carbocycles. The van der Waals surface area contributed by atoms with Gasteiger partial charge in [-0.3, -0.25) is 0 Å². The molecule has 1 N–H and O–H groups in total. The smallest absolute Gasteiger partial charge is 0.347 e. The number of aromatic nitrogens is 2. The molecule has 2 aromatic rings. The highest BCUT2D eigenvalue weighted by atomic mass is 32.1. The molecule has 0 radical (unpaired) electrons. The molecule has 0 amide bonds. The van der Waals surface area contributed by atoms with Crippen molar-refractivity contribution in [3.05, 3.63) is 40.6 Å². The molecule has 0 saturated heterocycles. The van der Waals surface area contributed by atoms with E-state index in [-0.39, 0.29) is 4.88 Å². The summed E-state index contributed by atoms with van der Waals surface area (Å²) in [7, 11) is 0. The second kappa shape index (κ2) is 3.63. The number of carboxylic acids is 1. The van der Waals surface area contributed by atoms with Crippen LogP contribution in [0.4, 0.5) is 0 Å². The van der Waals surface area contributed by atoms with Crippen molar-refractivity contribution in [2.24, 2.45) is 0 Å². The summed E-state index contributed by atoms with van der Waals surface area (Å²) in [5.41, 5.74) is 0. The van der Waals surface area contributed by atoms with Crippen LogP contribution in [0, 0.1) is 0 Å². The van der Waals surface area contributed by atoms with E-state index in [1.54, 1.807) is 0 Å². The lowest BCUT2D eigenvalue weighted by molar-refractivity contribution is 0.0702. The van der Waals surface area contributed by atoms with Crippen LogP contribution in [-0.4, -0.2) is 20.6 Å². The number of nitrogens with zero attached hydrogens (tertiary/aromatic N) is 2. The normalized spacial score (nSPS) is 10.3. The van der Waals surface area contributed by atoms with Crippen molar-refractivity contribution in [2.75, 3.05) is 0 Å². The largest absolute Gasteiger partial charge is 0.477 e. The van der Waals surface area contributed by atoms with Crippen molar-refractivity contribution >= 4 is 17.3 Å². The van der Waals surface area contributed by atoms with Gasteiger partial charge in [0.15, 0.2) is 0 Å². The monoisotopic (exact) mass is 208 g/mol. The van der Waals surface area contributed by atoms with Crippen LogP contribution in [0.25, 0.3) is 0 Å². The summed E-state index contributed by atoms with van der Waals surface area (Å²) in [4.78, 5) is 14.9. The lowest BCUT2D eigenvalue weighted by atomic mass is 10.6. The van der Waals surface area contributed by atoms with E-state index in [9.17, 15) is 4.79 Å². The molecule has 0 bridgehead atoms. The molecule has 0 unspecified atom stereocenters. The van der Waals surface area contributed by atoms with Crippen LogP contribution in [0.1, 0.15) is 14.7 Å². The summed E-state index contributed by atoms with van der Waals surface area (Å²) in [5.74, 6) is -0.916. The fraction of sp³-hybridized carbons (Fsp3) is 0.111. The van der Waals surface area contributed by atoms with Gasteiger partial charge in [-0.15, -0.1) is 11.3 Å². The number of hydrogen-bond donors (Lipinski definition) is 1. The van der Waals surface area contributed by atoms with Crippen molar-refractivity contribution in [3.63, 3.8) is 0 Å². The molecule has 0 spiro atoms. The first-order valence-corrected chi connectivity index (χ1v) is 4.86. The molecule has 0 fully saturated rings. The van der Waals surface area contributed by atoms with E-state index in [2.05, 4.69) is 4.98 Å². The van der Waals surface area contributed by atoms with Gasteiger partial charge in [-0.05, 0) is 12.1 Å². The minimum atomic E-state index is -0.916. The molecule has 14 heavy (non-hydrogen) atoms. The molecular weight excluding hydrogens is 200 g/mol. The molecule has 5 heteroatoms. The summed E-state index contributed by atoms with van der Waals surface area (Å²) in [6.45, 7) is 0.630. The Hall–Kier alpha value is -1.62. The summed E-state index contributed by atoms with van der Waals surface area (Å²) in [5, 5.41) is 9.49. The zero-order chi connectivity index (χ0) is 9.97. The maximum Gasteiger partial charge on any atom is 0.347 e. The van der Waals surface area contributed by atoms with Gasteiger partial charge < -0.3 is 9.67 Å². The van der Waals surface area contributed by atoms with Crippen LogP contribution >= 0.6 is 11.3 Å². The van der Waals surface area contributed by atoms with Crippen molar-refractivity contribution in [1.82, 2.24) is 9.55 Å². The average Bonchev–Trinajstić information content (AvgIpc) is 2.75. The Kier molecular flexibility index (Phi) is 2.32. The number of carbonyl (C=O) groups is 1. The molecule has 2 rings (SSSR count). The number of thiazole rings is 1. The average molecular weight is 208 g/mol. The molecule has 0 saturated carbocycles. The third-order valence-electron chi connectivity index (χ3n) is 1.75. The van der Waals surface area contributed by atoms with Crippen LogP contribution in [0.2, 0.25) is 0 Å². The Bertz CT molecular complexity index is 433. The highest BCUT2D eigenvalue weighted by Gasteiger charge is 2.07. The van der Waals surface area contributed by atoms with Crippen LogP contribution in [0.5, 0.6) is 0 Å². The summed E-state index contributed by atoms with van der Waals surface area (Å²) in [6, 6.07) is 3.84. The maximum atomic E-state index is 10.6. The van der Waals surface area contributed by atoms with Gasteiger partial charge in [0.25, 0.3) is 0 Å². The zero-order valence-electron chi connectivity index (χ0n) is 7.25. The number of aromatic carboxylic acids is 1. The lowest BCUT2D eigenvalue weighted by Gasteiger charge is -1.96. The van der Waals surface area contributed by atoms with Gasteiger partial charge in [0, 0.05) is 12.4 Å². The van der Waals surface area contributed by atoms with Gasteiger partial charge in [-0.25, -0.2) is 9.78 Å². The molecule has 0 aliphatic rings. The van der Waals surface area contributed by atoms with Crippen LogP contribution < -0.4 is 0 Å². The molecule has 2 heterocycles. The van der Waals surface area contributed by atoms with Gasteiger partial charge in [0.1, 0.15) is 9.88 Å². The second-order valence-electron chi connectivity index (χ2n) is 2.78. The van der Waals surface area contributed by atoms with Crippen molar-refractivity contribution < 1.29 is 9.90 Å². The summed E-state index contributed by atoms with van der Waals surface area (Å²) < 4.78 is 1.95. The zero-order valence-corrected chi connectivity index (χ0v) is 8.07. The van der Waals surface area contributed by atoms with Crippen LogP contribution in [0.3, 0.4) is 0 Å². The fourth-order valence-corrected chi connectivity index (χ4v) is 1.88. The van der Waals surface area contributed by atoms with Gasteiger partial charge in [-0.1, -0.05) is 0 Å². The first-order valence-electron chi connectivity index (χ1n) is 4.04. The predicted octanol–water partition coefficient (Wildman–Crippen LogP) is 1.69. The van der Waals surface area contributed by atoms with E-state index < -0.39 is 5.97 Å². The number of carboxylic acid groups (broad SMARTS) is 1. The minimum Gasteiger partial charge on any atom is -0.477 e. The quantitative estimate of drug-likeness (QED) is 0.835. The number of rotatable bonds is 3. The Morgan fingerprint density at radius 1 is 1.50 bits per heavy atom. The van der Waals surface area contributed by atoms with Gasteiger partial charge in [0.05, 0.1) is 12.7 Å². The summed E-state index contributed by atoms with van der Waals surface area (Å²) >= 11 is 1.21. The highest BCUT2D eigenvalue weighted by Crippen LogP contribution is 2.13. The van der Waals surface area contributed by atoms with E-state index in [1.165, 1.54) is 17.5 Å². The van der Waals surface area contributed by atoms with E-state index >= 15 is 0 Å². The third-order valence-corrected chi connectivity index (χ3v) is 2.72. The minimum absolute atomic E-state index is 0.284. The third kappa shape index (κ3) is 1.82. The Morgan fingerprint density at radius 2 is 2.21 bits per heavy atom. The first-order chi connectivity index (χ1) is 6.75. The standard InChI is InChI=1S/C9H8N2O2S/c12-9(13)7-5-10-8(14-7)6-11-3-1-2-4-11/h1-5H,6H2,(H,12,13). The van der Waals surface area contributed by atoms with Crippen molar-refractivity contribution in [1.29, 1.82) is 0 Å². The SMILES string of the molecule is O=C(O)c1cnc(Cn2cccc2)s1. The predicted molar refractivity (Wildman–Crippen MR) is 52.6 cm³/mol. The molecule has 4 nitrogen and oxygen atoms in total. The fourth-order valence-electron chi connectivity index (χ4n) is 1.11. The van der Waals surface area contributed by atoms with Crippen LogP contribution in [0.15, 0.2) is 30.7 Å². The molecule has 0 aliphatic carbocycles. The Morgan fingerprint density at radius 3 is 2.79 bits per heavy atom. The van der Waals surface area contributed by atoms with Gasteiger partial charge >= 0.3 is 5.97 Å². The van der Waals surface area contributed by atoms with Gasteiger partial charge in [0.2, 0.25) is 0 Å². The van der Waals surface area contributed by atoms with E-state index in [0.29, 0.717) is 6.54 Å². The van der Waals surface area contributed by atoms with E-state index in [1.807, 2.05) is 29.1 Å². The molecule has 0 atom stereocenters. The summed E-state index contributed by atoms with van der Waals surface area (Å²) in [6.07, 6.45) is 5.23. The van der Waals surface area contributed by atoms with Crippen molar-refractivity contribution in [2.45, 2.75) is 6.54 Å². The lowest BCUT2D eigenvalue weighted by Crippen LogP contribution is -1.94. The molecule has 0 aliphatic heterocycles. The Balaban J connectivity index is 2.14. The topological polar surface area (TPSA) is 55.1 Å². The molecule has 2 aromatic heterocycles. The van der Waals surface area contributed by atoms with Crippen molar-refractivity contribution in [3.8, 4) is 0 Å². The maximum absolute atomic E-state index is 10.6. The van der Waals surface area contributed by atoms with E-state index in [4.69, 9.17) is 5.11 Å². The second-order valence-corrected chi connectivity index (χ2v) is 3.89. The first kappa shape index (κ1) is 8.96. The highest BCUT2D eigenvalue weighted by molar-refractivity contribution is 7.13. The molecule has 72 valence electrons.